The molecule has 9 heteroatoms. The highest BCUT2D eigenvalue weighted by Crippen LogP contribution is 2.52. The topological polar surface area (TPSA) is 64.4 Å². The van der Waals surface area contributed by atoms with Gasteiger partial charge in [0.1, 0.15) is 5.60 Å². The molecule has 3 rings (SSSR count). The van der Waals surface area contributed by atoms with Gasteiger partial charge in [-0.2, -0.15) is 13.2 Å². The van der Waals surface area contributed by atoms with Gasteiger partial charge in [0.15, 0.2) is 5.69 Å². The molecule has 0 atom stereocenters. The number of carbonyl (C=O) groups excluding carboxylic acids is 1. The first kappa shape index (κ1) is 18.7. The van der Waals surface area contributed by atoms with Crippen LogP contribution in [-0.2, 0) is 17.5 Å². The fraction of sp³-hybridized carbons (Fsp3) is 0.706. The molecule has 2 fully saturated rings. The number of amides is 1. The molecule has 2 aliphatic rings. The zero-order chi connectivity index (χ0) is 19.3. The molecule has 1 saturated carbocycles. The van der Waals surface area contributed by atoms with E-state index >= 15 is 0 Å². The van der Waals surface area contributed by atoms with Crippen LogP contribution >= 0.6 is 0 Å². The minimum absolute atomic E-state index is 0.0189. The number of alkyl halides is 3. The Labute approximate surface area is 149 Å². The smallest absolute Gasteiger partial charge is 0.434 e. The van der Waals surface area contributed by atoms with Crippen molar-refractivity contribution in [3.05, 3.63) is 28.4 Å². The fourth-order valence-electron chi connectivity index (χ4n) is 3.78. The van der Waals surface area contributed by atoms with Gasteiger partial charge in [0.2, 0.25) is 0 Å². The number of ether oxygens (including phenoxy) is 1. The average Bonchev–Trinajstić information content (AvgIpc) is 2.38. The lowest BCUT2D eigenvalue weighted by molar-refractivity contribution is -0.141. The third-order valence-electron chi connectivity index (χ3n) is 4.77. The molecule has 2 heterocycles. The maximum atomic E-state index is 12.7. The first-order valence-electron chi connectivity index (χ1n) is 8.49. The summed E-state index contributed by atoms with van der Waals surface area (Å²) in [7, 11) is 0. The molecule has 1 saturated heterocycles. The third-order valence-corrected chi connectivity index (χ3v) is 4.77. The van der Waals surface area contributed by atoms with E-state index < -0.39 is 23.0 Å². The molecule has 0 radical (unpaired) electrons. The molecule has 26 heavy (non-hydrogen) atoms. The second-order valence-corrected chi connectivity index (χ2v) is 8.37. The van der Waals surface area contributed by atoms with Crippen LogP contribution in [0.5, 0.6) is 0 Å². The number of hydrogen-bond acceptors (Lipinski definition) is 4. The maximum absolute atomic E-state index is 12.7. The molecule has 144 valence electrons. The van der Waals surface area contributed by atoms with Crippen molar-refractivity contribution in [2.24, 2.45) is 11.3 Å². The highest BCUT2D eigenvalue weighted by atomic mass is 19.4. The largest absolute Gasteiger partial charge is 0.444 e. The lowest BCUT2D eigenvalue weighted by Crippen LogP contribution is -2.64. The zero-order valence-corrected chi connectivity index (χ0v) is 15.0. The Morgan fingerprint density at radius 2 is 1.92 bits per heavy atom. The van der Waals surface area contributed by atoms with Crippen molar-refractivity contribution in [2.45, 2.75) is 51.9 Å². The first-order valence-corrected chi connectivity index (χ1v) is 8.49. The van der Waals surface area contributed by atoms with E-state index in [1.807, 2.05) is 20.8 Å². The number of likely N-dealkylation sites (tertiary alicyclic amines) is 1. The van der Waals surface area contributed by atoms with Crippen molar-refractivity contribution in [1.82, 2.24) is 14.5 Å². The van der Waals surface area contributed by atoms with E-state index in [0.717, 1.165) is 23.6 Å². The van der Waals surface area contributed by atoms with Crippen LogP contribution in [0.1, 0.15) is 39.3 Å². The summed E-state index contributed by atoms with van der Waals surface area (Å²) in [4.78, 5) is 28.5. The second kappa shape index (κ2) is 5.99. The number of halogens is 3. The van der Waals surface area contributed by atoms with E-state index in [9.17, 15) is 22.8 Å². The van der Waals surface area contributed by atoms with Crippen LogP contribution in [0.25, 0.3) is 0 Å². The lowest BCUT2D eigenvalue weighted by Gasteiger charge is -2.58. The fourth-order valence-corrected chi connectivity index (χ4v) is 3.78. The summed E-state index contributed by atoms with van der Waals surface area (Å²) in [6, 6.07) is 0. The van der Waals surface area contributed by atoms with Gasteiger partial charge in [0.05, 0.1) is 6.20 Å². The number of carbonyl (C=O) groups is 1. The molecule has 0 bridgehead atoms. The van der Waals surface area contributed by atoms with E-state index in [2.05, 4.69) is 4.98 Å². The van der Waals surface area contributed by atoms with Crippen molar-refractivity contribution in [3.63, 3.8) is 0 Å². The number of hydrogen-bond donors (Lipinski definition) is 0. The standard InChI is InChI=1S/C17H22F3N3O3/c1-15(2,3)26-14(25)23-9-16(10-23)4-11(5-16)7-22-8-12(17(18,19)20)21-6-13(22)24/h6,8,11H,4-5,7,9-10H2,1-3H3. The number of aromatic nitrogens is 2. The Morgan fingerprint density at radius 3 is 2.46 bits per heavy atom. The van der Waals surface area contributed by atoms with Crippen LogP contribution in [0.15, 0.2) is 17.2 Å². The summed E-state index contributed by atoms with van der Waals surface area (Å²) in [5, 5.41) is 0. The van der Waals surface area contributed by atoms with Gasteiger partial charge in [-0.1, -0.05) is 0 Å². The highest BCUT2D eigenvalue weighted by molar-refractivity contribution is 5.69. The van der Waals surface area contributed by atoms with Gasteiger partial charge in [-0.3, -0.25) is 4.79 Å². The van der Waals surface area contributed by atoms with Crippen molar-refractivity contribution in [2.75, 3.05) is 13.1 Å². The van der Waals surface area contributed by atoms with Crippen LogP contribution in [0.3, 0.4) is 0 Å². The molecule has 0 N–H and O–H groups in total. The monoisotopic (exact) mass is 373 g/mol. The predicted octanol–water partition coefficient (Wildman–Crippen LogP) is 2.91. The molecule has 0 aromatic carbocycles. The SMILES string of the molecule is CC(C)(C)OC(=O)N1CC2(CC(Cn3cc(C(F)(F)F)ncc3=O)C2)C1. The van der Waals surface area contributed by atoms with Gasteiger partial charge >= 0.3 is 12.3 Å². The number of nitrogens with zero attached hydrogens (tertiary/aromatic N) is 3. The summed E-state index contributed by atoms with van der Waals surface area (Å²) in [6.07, 6.45) is -1.86. The molecule has 0 unspecified atom stereocenters. The van der Waals surface area contributed by atoms with Gasteiger partial charge in [0.25, 0.3) is 5.56 Å². The minimum atomic E-state index is -4.57. The molecule has 1 spiro atoms. The quantitative estimate of drug-likeness (QED) is 0.800. The van der Waals surface area contributed by atoms with Gasteiger partial charge in [-0.25, -0.2) is 9.78 Å². The van der Waals surface area contributed by atoms with Crippen molar-refractivity contribution in [3.8, 4) is 0 Å². The Balaban J connectivity index is 1.53. The van der Waals surface area contributed by atoms with Crippen molar-refractivity contribution in [1.29, 1.82) is 0 Å². The van der Waals surface area contributed by atoms with Crippen LogP contribution in [0.4, 0.5) is 18.0 Å². The zero-order valence-electron chi connectivity index (χ0n) is 15.0. The highest BCUT2D eigenvalue weighted by Gasteiger charge is 2.54. The first-order chi connectivity index (χ1) is 11.9. The Hall–Kier alpha value is -2.06. The van der Waals surface area contributed by atoms with Gasteiger partial charge < -0.3 is 14.2 Å². The summed E-state index contributed by atoms with van der Waals surface area (Å²) in [6.45, 7) is 6.85. The molecule has 1 aliphatic carbocycles. The average molecular weight is 373 g/mol. The molecular formula is C17H22F3N3O3. The van der Waals surface area contributed by atoms with Gasteiger partial charge in [-0.05, 0) is 39.5 Å². The van der Waals surface area contributed by atoms with Gasteiger partial charge in [-0.15, -0.1) is 0 Å². The van der Waals surface area contributed by atoms with E-state index in [1.54, 1.807) is 4.90 Å². The van der Waals surface area contributed by atoms with Crippen LogP contribution < -0.4 is 5.56 Å². The van der Waals surface area contributed by atoms with Crippen LogP contribution in [-0.4, -0.2) is 39.2 Å². The van der Waals surface area contributed by atoms with Crippen LogP contribution in [0, 0.1) is 11.3 Å². The van der Waals surface area contributed by atoms with Crippen molar-refractivity contribution < 1.29 is 22.7 Å². The third kappa shape index (κ3) is 3.86. The Kier molecular flexibility index (Phi) is 4.31. The summed E-state index contributed by atoms with van der Waals surface area (Å²) < 4.78 is 44.6. The molecule has 1 aromatic heterocycles. The summed E-state index contributed by atoms with van der Waals surface area (Å²) in [5.74, 6) is 0.122. The molecule has 1 aliphatic heterocycles. The predicted molar refractivity (Wildman–Crippen MR) is 86.5 cm³/mol. The summed E-state index contributed by atoms with van der Waals surface area (Å²) >= 11 is 0. The van der Waals surface area contributed by atoms with E-state index in [0.29, 0.717) is 19.3 Å². The van der Waals surface area contributed by atoms with Gasteiger partial charge in [0, 0.05) is 31.2 Å². The normalized spacial score (nSPS) is 19.8. The molecular weight excluding hydrogens is 351 g/mol. The van der Waals surface area contributed by atoms with Crippen molar-refractivity contribution >= 4 is 6.09 Å². The van der Waals surface area contributed by atoms with E-state index in [-0.39, 0.29) is 24.0 Å². The minimum Gasteiger partial charge on any atom is -0.444 e. The van der Waals surface area contributed by atoms with Crippen LogP contribution in [0.2, 0.25) is 0 Å². The molecule has 6 nitrogen and oxygen atoms in total. The molecule has 1 amide bonds. The Morgan fingerprint density at radius 1 is 1.31 bits per heavy atom. The van der Waals surface area contributed by atoms with E-state index in [1.165, 1.54) is 0 Å². The second-order valence-electron chi connectivity index (χ2n) is 8.37. The lowest BCUT2D eigenvalue weighted by atomic mass is 9.58. The van der Waals surface area contributed by atoms with E-state index in [4.69, 9.17) is 4.74 Å². The molecule has 1 aromatic rings. The Bertz CT molecular complexity index is 753. The maximum Gasteiger partial charge on any atom is 0.434 e. The summed E-state index contributed by atoms with van der Waals surface area (Å²) in [5.41, 5.74) is -2.13. The number of rotatable bonds is 2.